The van der Waals surface area contributed by atoms with Gasteiger partial charge in [-0.2, -0.15) is 0 Å². The first-order valence-electron chi connectivity index (χ1n) is 6.09. The Morgan fingerprint density at radius 2 is 1.89 bits per heavy atom. The summed E-state index contributed by atoms with van der Waals surface area (Å²) in [5.41, 5.74) is 7.80. The Labute approximate surface area is 111 Å². The number of hydrogen-bond acceptors (Lipinski definition) is 2. The van der Waals surface area contributed by atoms with Gasteiger partial charge in [-0.15, -0.1) is 0 Å². The number of hydrogen-bond donors (Lipinski definition) is 2. The molecule has 2 aromatic rings. The van der Waals surface area contributed by atoms with Crippen molar-refractivity contribution in [3.8, 4) is 0 Å². The molecule has 0 bridgehead atoms. The predicted molar refractivity (Wildman–Crippen MR) is 73.0 cm³/mol. The predicted octanol–water partition coefficient (Wildman–Crippen LogP) is 3.39. The average Bonchev–Trinajstić information content (AvgIpc) is 2.41. The molecule has 2 nitrogen and oxygen atoms in total. The topological polar surface area (TPSA) is 38.0 Å². The Morgan fingerprint density at radius 3 is 2.58 bits per heavy atom. The summed E-state index contributed by atoms with van der Waals surface area (Å²) in [4.78, 5) is 0. The van der Waals surface area contributed by atoms with E-state index in [2.05, 4.69) is 5.32 Å². The highest BCUT2D eigenvalue weighted by Crippen LogP contribution is 2.24. The molecule has 4 heteroatoms. The minimum absolute atomic E-state index is 0.175. The van der Waals surface area contributed by atoms with Crippen molar-refractivity contribution in [3.05, 3.63) is 65.2 Å². The van der Waals surface area contributed by atoms with Crippen molar-refractivity contribution >= 4 is 5.69 Å². The highest BCUT2D eigenvalue weighted by Gasteiger charge is 2.15. The van der Waals surface area contributed by atoms with Gasteiger partial charge in [0.05, 0.1) is 6.04 Å². The molecule has 0 radical (unpaired) electrons. The van der Waals surface area contributed by atoms with Gasteiger partial charge in [-0.05, 0) is 36.8 Å². The van der Waals surface area contributed by atoms with Crippen LogP contribution in [0.5, 0.6) is 0 Å². The second-order valence-electron chi connectivity index (χ2n) is 4.41. The smallest absolute Gasteiger partial charge is 0.128 e. The SMILES string of the molecule is Cc1ccccc1NC(CN)c1cc(F)ccc1F. The molecule has 0 aliphatic rings. The van der Waals surface area contributed by atoms with Crippen LogP contribution in [0.2, 0.25) is 0 Å². The lowest BCUT2D eigenvalue weighted by molar-refractivity contribution is 0.572. The van der Waals surface area contributed by atoms with Crippen LogP contribution < -0.4 is 11.1 Å². The molecule has 2 aromatic carbocycles. The van der Waals surface area contributed by atoms with Crippen molar-refractivity contribution in [3.63, 3.8) is 0 Å². The minimum Gasteiger partial charge on any atom is -0.377 e. The first-order chi connectivity index (χ1) is 9.11. The zero-order chi connectivity index (χ0) is 13.8. The lowest BCUT2D eigenvalue weighted by atomic mass is 10.0. The molecule has 1 atom stereocenters. The minimum atomic E-state index is -0.471. The molecule has 19 heavy (non-hydrogen) atoms. The molecule has 1 unspecified atom stereocenters. The summed E-state index contributed by atoms with van der Waals surface area (Å²) in [5, 5.41) is 3.15. The maximum Gasteiger partial charge on any atom is 0.128 e. The summed E-state index contributed by atoms with van der Waals surface area (Å²) >= 11 is 0. The molecular formula is C15H16F2N2. The van der Waals surface area contributed by atoms with Crippen LogP contribution in [0.25, 0.3) is 0 Å². The van der Waals surface area contributed by atoms with E-state index in [0.29, 0.717) is 0 Å². The van der Waals surface area contributed by atoms with E-state index in [1.807, 2.05) is 31.2 Å². The zero-order valence-electron chi connectivity index (χ0n) is 10.7. The lowest BCUT2D eigenvalue weighted by Gasteiger charge is -2.20. The molecule has 0 aromatic heterocycles. The molecule has 0 heterocycles. The lowest BCUT2D eigenvalue weighted by Crippen LogP contribution is -2.22. The third-order valence-electron chi connectivity index (χ3n) is 3.04. The number of rotatable bonds is 4. The number of anilines is 1. The maximum atomic E-state index is 13.7. The van der Waals surface area contributed by atoms with E-state index < -0.39 is 17.7 Å². The van der Waals surface area contributed by atoms with Crippen LogP contribution in [0.15, 0.2) is 42.5 Å². The van der Waals surface area contributed by atoms with Gasteiger partial charge in [0.2, 0.25) is 0 Å². The monoisotopic (exact) mass is 262 g/mol. The van der Waals surface area contributed by atoms with Gasteiger partial charge in [0.1, 0.15) is 11.6 Å². The van der Waals surface area contributed by atoms with E-state index in [-0.39, 0.29) is 12.1 Å². The van der Waals surface area contributed by atoms with Crippen molar-refractivity contribution in [1.29, 1.82) is 0 Å². The van der Waals surface area contributed by atoms with Crippen LogP contribution in [0.4, 0.5) is 14.5 Å². The van der Waals surface area contributed by atoms with Gasteiger partial charge in [-0.3, -0.25) is 0 Å². The summed E-state index contributed by atoms with van der Waals surface area (Å²) in [6.45, 7) is 2.12. The summed E-state index contributed by atoms with van der Waals surface area (Å²) < 4.78 is 27.0. The Kier molecular flexibility index (Phi) is 4.12. The first-order valence-corrected chi connectivity index (χ1v) is 6.09. The van der Waals surface area contributed by atoms with Gasteiger partial charge in [0.15, 0.2) is 0 Å². The molecule has 2 rings (SSSR count). The van der Waals surface area contributed by atoms with Crippen molar-refractivity contribution in [1.82, 2.24) is 0 Å². The Hall–Kier alpha value is -1.94. The van der Waals surface area contributed by atoms with Crippen LogP contribution in [0, 0.1) is 18.6 Å². The van der Waals surface area contributed by atoms with Crippen molar-refractivity contribution < 1.29 is 8.78 Å². The average molecular weight is 262 g/mol. The molecule has 100 valence electrons. The quantitative estimate of drug-likeness (QED) is 0.886. The Morgan fingerprint density at radius 1 is 1.16 bits per heavy atom. The largest absolute Gasteiger partial charge is 0.377 e. The van der Waals surface area contributed by atoms with Gasteiger partial charge in [0, 0.05) is 17.8 Å². The molecule has 3 N–H and O–H groups in total. The zero-order valence-corrected chi connectivity index (χ0v) is 10.7. The summed E-state index contributed by atoms with van der Waals surface area (Å²) in [7, 11) is 0. The number of benzene rings is 2. The molecule has 0 aliphatic carbocycles. The number of nitrogens with one attached hydrogen (secondary N) is 1. The number of halogens is 2. The number of para-hydroxylation sites is 1. The second kappa shape index (κ2) is 5.80. The molecule has 0 amide bonds. The molecule has 0 spiro atoms. The van der Waals surface area contributed by atoms with Crippen molar-refractivity contribution in [2.75, 3.05) is 11.9 Å². The standard InChI is InChI=1S/C15H16F2N2/c1-10-4-2-3-5-14(10)19-15(9-18)12-8-11(16)6-7-13(12)17/h2-8,15,19H,9,18H2,1H3. The third kappa shape index (κ3) is 3.09. The second-order valence-corrected chi connectivity index (χ2v) is 4.41. The van der Waals surface area contributed by atoms with Crippen LogP contribution in [0.3, 0.4) is 0 Å². The molecule has 0 fully saturated rings. The number of nitrogens with two attached hydrogens (primary N) is 1. The van der Waals surface area contributed by atoms with Crippen molar-refractivity contribution in [2.24, 2.45) is 5.73 Å². The summed E-state index contributed by atoms with van der Waals surface area (Å²) in [6, 6.07) is 10.6. The highest BCUT2D eigenvalue weighted by atomic mass is 19.1. The van der Waals surface area contributed by atoms with Crippen LogP contribution >= 0.6 is 0 Å². The molecule has 0 aliphatic heterocycles. The van der Waals surface area contributed by atoms with Gasteiger partial charge in [0.25, 0.3) is 0 Å². The Bertz CT molecular complexity index is 570. The first kappa shape index (κ1) is 13.5. The van der Waals surface area contributed by atoms with Crippen LogP contribution in [-0.4, -0.2) is 6.54 Å². The fourth-order valence-electron chi connectivity index (χ4n) is 1.97. The normalized spacial score (nSPS) is 12.2. The van der Waals surface area contributed by atoms with E-state index in [0.717, 1.165) is 23.4 Å². The molecule has 0 saturated heterocycles. The highest BCUT2D eigenvalue weighted by molar-refractivity contribution is 5.52. The van der Waals surface area contributed by atoms with Gasteiger partial charge >= 0.3 is 0 Å². The van der Waals surface area contributed by atoms with Crippen LogP contribution in [0.1, 0.15) is 17.2 Å². The fraction of sp³-hybridized carbons (Fsp3) is 0.200. The van der Waals surface area contributed by atoms with E-state index >= 15 is 0 Å². The van der Waals surface area contributed by atoms with E-state index in [4.69, 9.17) is 5.73 Å². The van der Waals surface area contributed by atoms with Crippen molar-refractivity contribution in [2.45, 2.75) is 13.0 Å². The fourth-order valence-corrected chi connectivity index (χ4v) is 1.97. The molecular weight excluding hydrogens is 246 g/mol. The molecule has 0 saturated carbocycles. The maximum absolute atomic E-state index is 13.7. The van der Waals surface area contributed by atoms with E-state index in [9.17, 15) is 8.78 Å². The number of aryl methyl sites for hydroxylation is 1. The van der Waals surface area contributed by atoms with E-state index in [1.165, 1.54) is 6.07 Å². The van der Waals surface area contributed by atoms with E-state index in [1.54, 1.807) is 0 Å². The third-order valence-corrected chi connectivity index (χ3v) is 3.04. The Balaban J connectivity index is 2.30. The summed E-state index contributed by atoms with van der Waals surface area (Å²) in [6.07, 6.45) is 0. The van der Waals surface area contributed by atoms with Crippen LogP contribution in [-0.2, 0) is 0 Å². The van der Waals surface area contributed by atoms with Gasteiger partial charge in [-0.25, -0.2) is 8.78 Å². The van der Waals surface area contributed by atoms with Gasteiger partial charge < -0.3 is 11.1 Å². The summed E-state index contributed by atoms with van der Waals surface area (Å²) in [5.74, 6) is -0.931. The van der Waals surface area contributed by atoms with Gasteiger partial charge in [-0.1, -0.05) is 18.2 Å².